The van der Waals surface area contributed by atoms with Crippen molar-refractivity contribution in [1.82, 2.24) is 9.66 Å². The molecular formula is C29H27ClN4O5. The van der Waals surface area contributed by atoms with Gasteiger partial charge in [0.25, 0.3) is 5.56 Å². The van der Waals surface area contributed by atoms with Gasteiger partial charge in [0, 0.05) is 28.1 Å². The Morgan fingerprint density at radius 2 is 1.87 bits per heavy atom. The van der Waals surface area contributed by atoms with Crippen molar-refractivity contribution < 1.29 is 14.4 Å². The zero-order valence-corrected chi connectivity index (χ0v) is 22.1. The van der Waals surface area contributed by atoms with Crippen LogP contribution in [0.3, 0.4) is 0 Å². The standard InChI is InChI=1S/C29H27ClN4O5/c1-38-26-16-19(15-25(34(36)37)27(26)39-18-21-11-5-7-13-23(21)30)17-31-33-28(20-9-3-2-4-10-20)32-24-14-8-6-12-22(24)29(33)35/h5-8,11-17,20H,2-4,9-10,18H2,1H3. The molecule has 1 aliphatic rings. The molecule has 0 aliphatic heterocycles. The average molecular weight is 547 g/mol. The van der Waals surface area contributed by atoms with Crippen molar-refractivity contribution in [3.63, 3.8) is 0 Å². The van der Waals surface area contributed by atoms with Gasteiger partial charge in [0.05, 0.1) is 29.2 Å². The number of benzene rings is 3. The Balaban J connectivity index is 1.54. The molecule has 1 fully saturated rings. The fourth-order valence-corrected chi connectivity index (χ4v) is 5.07. The molecule has 0 unspecified atom stereocenters. The number of nitro groups is 1. The van der Waals surface area contributed by atoms with Crippen molar-refractivity contribution in [2.45, 2.75) is 44.6 Å². The molecule has 0 radical (unpaired) electrons. The number of nitrogens with zero attached hydrogens (tertiary/aromatic N) is 4. The number of rotatable bonds is 8. The Bertz CT molecular complexity index is 1610. The summed E-state index contributed by atoms with van der Waals surface area (Å²) < 4.78 is 12.6. The predicted molar refractivity (Wildman–Crippen MR) is 150 cm³/mol. The van der Waals surface area contributed by atoms with Gasteiger partial charge in [-0.3, -0.25) is 14.9 Å². The first kappa shape index (κ1) is 26.4. The van der Waals surface area contributed by atoms with Crippen LogP contribution in [0, 0.1) is 10.1 Å². The zero-order chi connectivity index (χ0) is 27.4. The van der Waals surface area contributed by atoms with Gasteiger partial charge in [0.1, 0.15) is 12.4 Å². The topological polar surface area (TPSA) is 109 Å². The van der Waals surface area contributed by atoms with Gasteiger partial charge in [-0.2, -0.15) is 9.78 Å². The third-order valence-corrected chi connectivity index (χ3v) is 7.24. The summed E-state index contributed by atoms with van der Waals surface area (Å²) in [5.74, 6) is 0.856. The van der Waals surface area contributed by atoms with E-state index in [1.54, 1.807) is 42.5 Å². The highest BCUT2D eigenvalue weighted by atomic mass is 35.5. The smallest absolute Gasteiger partial charge is 0.315 e. The maximum absolute atomic E-state index is 13.5. The Morgan fingerprint density at radius 1 is 1.13 bits per heavy atom. The quantitative estimate of drug-likeness (QED) is 0.142. The molecule has 9 nitrogen and oxygen atoms in total. The van der Waals surface area contributed by atoms with Crippen molar-refractivity contribution in [1.29, 1.82) is 0 Å². The minimum atomic E-state index is -0.543. The molecular weight excluding hydrogens is 520 g/mol. The lowest BCUT2D eigenvalue weighted by atomic mass is 9.88. The van der Waals surface area contributed by atoms with E-state index in [1.807, 2.05) is 12.1 Å². The molecule has 10 heteroatoms. The van der Waals surface area contributed by atoms with Crippen LogP contribution in [0.5, 0.6) is 11.5 Å². The van der Waals surface area contributed by atoms with E-state index in [0.29, 0.717) is 32.9 Å². The van der Waals surface area contributed by atoms with Crippen LogP contribution in [0.1, 0.15) is 55.0 Å². The molecule has 0 atom stereocenters. The van der Waals surface area contributed by atoms with Crippen molar-refractivity contribution in [2.75, 3.05) is 7.11 Å². The minimum Gasteiger partial charge on any atom is -0.493 e. The molecule has 1 aromatic heterocycles. The second-order valence-corrected chi connectivity index (χ2v) is 9.80. The van der Waals surface area contributed by atoms with E-state index in [1.165, 1.54) is 24.1 Å². The summed E-state index contributed by atoms with van der Waals surface area (Å²) in [5.41, 5.74) is 1.11. The number of hydrogen-bond donors (Lipinski definition) is 0. The van der Waals surface area contributed by atoms with E-state index in [0.717, 1.165) is 32.1 Å². The Morgan fingerprint density at radius 3 is 2.62 bits per heavy atom. The van der Waals surface area contributed by atoms with Crippen LogP contribution in [-0.4, -0.2) is 27.9 Å². The van der Waals surface area contributed by atoms with E-state index >= 15 is 0 Å². The van der Waals surface area contributed by atoms with Gasteiger partial charge < -0.3 is 9.47 Å². The van der Waals surface area contributed by atoms with Gasteiger partial charge in [-0.05, 0) is 37.1 Å². The van der Waals surface area contributed by atoms with Crippen LogP contribution in [0.25, 0.3) is 10.9 Å². The van der Waals surface area contributed by atoms with Crippen molar-refractivity contribution in [2.24, 2.45) is 5.10 Å². The van der Waals surface area contributed by atoms with Crippen molar-refractivity contribution in [3.05, 3.63) is 103 Å². The normalized spacial score (nSPS) is 14.1. The van der Waals surface area contributed by atoms with Gasteiger partial charge in [-0.1, -0.05) is 61.2 Å². The SMILES string of the molecule is COc1cc(C=Nn2c(C3CCCCC3)nc3ccccc3c2=O)cc([N+](=O)[O-])c1OCc1ccccc1Cl. The fraction of sp³-hybridized carbons (Fsp3) is 0.276. The van der Waals surface area contributed by atoms with E-state index in [9.17, 15) is 14.9 Å². The van der Waals surface area contributed by atoms with Crippen molar-refractivity contribution in [3.8, 4) is 11.5 Å². The van der Waals surface area contributed by atoms with Crippen LogP contribution in [0.2, 0.25) is 5.02 Å². The van der Waals surface area contributed by atoms with Crippen LogP contribution in [0.4, 0.5) is 5.69 Å². The number of hydrogen-bond acceptors (Lipinski definition) is 7. The molecule has 1 aliphatic carbocycles. The molecule has 5 rings (SSSR count). The second kappa shape index (κ2) is 11.7. The van der Waals surface area contributed by atoms with E-state index in [2.05, 4.69) is 5.10 Å². The van der Waals surface area contributed by atoms with Gasteiger partial charge in [-0.15, -0.1) is 0 Å². The summed E-state index contributed by atoms with van der Waals surface area (Å²) in [4.78, 5) is 29.7. The van der Waals surface area contributed by atoms with E-state index in [4.69, 9.17) is 26.1 Å². The molecule has 0 bridgehead atoms. The minimum absolute atomic E-state index is 0.0210. The number of aromatic nitrogens is 2. The lowest BCUT2D eigenvalue weighted by molar-refractivity contribution is -0.386. The van der Waals surface area contributed by atoms with Gasteiger partial charge in [0.2, 0.25) is 5.75 Å². The molecule has 0 spiro atoms. The van der Waals surface area contributed by atoms with Crippen molar-refractivity contribution >= 4 is 34.4 Å². The summed E-state index contributed by atoms with van der Waals surface area (Å²) in [6, 6.07) is 17.2. The zero-order valence-electron chi connectivity index (χ0n) is 21.4. The summed E-state index contributed by atoms with van der Waals surface area (Å²) in [7, 11) is 1.40. The molecule has 1 saturated carbocycles. The molecule has 1 heterocycles. The highest BCUT2D eigenvalue weighted by Gasteiger charge is 2.24. The molecule has 0 amide bonds. The molecule has 0 N–H and O–H groups in total. The number of para-hydroxylation sites is 1. The summed E-state index contributed by atoms with van der Waals surface area (Å²) in [6.45, 7) is 0.0210. The van der Waals surface area contributed by atoms with Gasteiger partial charge in [-0.25, -0.2) is 4.98 Å². The highest BCUT2D eigenvalue weighted by Crippen LogP contribution is 2.39. The van der Waals surface area contributed by atoms with Gasteiger partial charge >= 0.3 is 5.69 Å². The number of fused-ring (bicyclic) bond motifs is 1. The fourth-order valence-electron chi connectivity index (χ4n) is 4.88. The number of nitro benzene ring substituents is 1. The summed E-state index contributed by atoms with van der Waals surface area (Å²) in [6.07, 6.45) is 6.56. The van der Waals surface area contributed by atoms with E-state index in [-0.39, 0.29) is 35.3 Å². The number of halogens is 1. The van der Waals surface area contributed by atoms with E-state index < -0.39 is 4.92 Å². The summed E-state index contributed by atoms with van der Waals surface area (Å²) in [5, 5.41) is 17.4. The van der Waals surface area contributed by atoms with Crippen LogP contribution in [0.15, 0.2) is 70.6 Å². The first-order chi connectivity index (χ1) is 19.0. The Kier molecular flexibility index (Phi) is 7.88. The lowest BCUT2D eigenvalue weighted by Crippen LogP contribution is -2.25. The third kappa shape index (κ3) is 5.63. The van der Waals surface area contributed by atoms with Crippen LogP contribution < -0.4 is 15.0 Å². The monoisotopic (exact) mass is 546 g/mol. The molecule has 200 valence electrons. The second-order valence-electron chi connectivity index (χ2n) is 9.39. The van der Waals surface area contributed by atoms with Crippen LogP contribution in [-0.2, 0) is 6.61 Å². The molecule has 39 heavy (non-hydrogen) atoms. The Hall–Kier alpha value is -4.24. The maximum Gasteiger partial charge on any atom is 0.315 e. The van der Waals surface area contributed by atoms with Gasteiger partial charge in [0.15, 0.2) is 5.75 Å². The molecule has 4 aromatic rings. The molecule has 0 saturated heterocycles. The third-order valence-electron chi connectivity index (χ3n) is 6.88. The number of ether oxygens (including phenoxy) is 2. The molecule has 3 aromatic carbocycles. The first-order valence-electron chi connectivity index (χ1n) is 12.7. The lowest BCUT2D eigenvalue weighted by Gasteiger charge is -2.22. The maximum atomic E-state index is 13.5. The first-order valence-corrected chi connectivity index (χ1v) is 13.1. The average Bonchev–Trinajstić information content (AvgIpc) is 2.96. The Labute approximate surface area is 229 Å². The predicted octanol–water partition coefficient (Wildman–Crippen LogP) is 6.48. The van der Waals surface area contributed by atoms with Crippen LogP contribution >= 0.6 is 11.6 Å². The number of methoxy groups -OCH3 is 1. The highest BCUT2D eigenvalue weighted by molar-refractivity contribution is 6.31. The summed E-state index contributed by atoms with van der Waals surface area (Å²) >= 11 is 6.21. The largest absolute Gasteiger partial charge is 0.493 e.